The van der Waals surface area contributed by atoms with E-state index in [0.29, 0.717) is 0 Å². The zero-order chi connectivity index (χ0) is 10.6. The van der Waals surface area contributed by atoms with Crippen LogP contribution in [-0.4, -0.2) is 34.7 Å². The maximum atomic E-state index is 11.3. The lowest BCUT2D eigenvalue weighted by Crippen LogP contribution is -2.47. The van der Waals surface area contributed by atoms with Crippen LogP contribution in [0.3, 0.4) is 0 Å². The first kappa shape index (κ1) is 11.9. The van der Waals surface area contributed by atoms with Crippen LogP contribution in [0.2, 0.25) is 0 Å². The van der Waals surface area contributed by atoms with Gasteiger partial charge in [-0.2, -0.15) is 0 Å². The molecule has 0 rings (SSSR count). The molecule has 1 atom stereocenters. The molecule has 0 saturated heterocycles. The second kappa shape index (κ2) is 4.23. The summed E-state index contributed by atoms with van der Waals surface area (Å²) in [6, 6.07) is -1.22. The van der Waals surface area contributed by atoms with Gasteiger partial charge in [0.25, 0.3) is 0 Å². The van der Waals surface area contributed by atoms with Crippen molar-refractivity contribution in [2.24, 2.45) is 5.41 Å². The molecule has 0 heterocycles. The number of aliphatic hydroxyl groups excluding tert-OH is 1. The van der Waals surface area contributed by atoms with E-state index in [1.54, 1.807) is 20.8 Å². The van der Waals surface area contributed by atoms with Crippen molar-refractivity contribution in [2.45, 2.75) is 26.8 Å². The Bertz CT molecular complexity index is 207. The lowest BCUT2D eigenvalue weighted by molar-refractivity contribution is -0.144. The third kappa shape index (κ3) is 3.89. The summed E-state index contributed by atoms with van der Waals surface area (Å²) in [5.74, 6) is -1.63. The monoisotopic (exact) mass is 189 g/mol. The molecule has 0 bridgehead atoms. The Balaban J connectivity index is 4.26. The summed E-state index contributed by atoms with van der Waals surface area (Å²) in [5.41, 5.74) is -0.650. The van der Waals surface area contributed by atoms with Gasteiger partial charge in [0.15, 0.2) is 0 Å². The third-order valence-corrected chi connectivity index (χ3v) is 1.47. The first-order chi connectivity index (χ1) is 5.79. The van der Waals surface area contributed by atoms with Gasteiger partial charge in [-0.3, -0.25) is 4.79 Å². The van der Waals surface area contributed by atoms with Crippen molar-refractivity contribution >= 4 is 11.9 Å². The highest BCUT2D eigenvalue weighted by Gasteiger charge is 2.26. The van der Waals surface area contributed by atoms with Crippen LogP contribution >= 0.6 is 0 Å². The lowest BCUT2D eigenvalue weighted by Gasteiger charge is -2.20. The van der Waals surface area contributed by atoms with Crippen LogP contribution < -0.4 is 5.32 Å². The van der Waals surface area contributed by atoms with Gasteiger partial charge in [0.1, 0.15) is 6.04 Å². The molecule has 0 saturated carbocycles. The molecule has 0 aliphatic rings. The van der Waals surface area contributed by atoms with Gasteiger partial charge in [-0.15, -0.1) is 0 Å². The quantitative estimate of drug-likeness (QED) is 0.563. The zero-order valence-electron chi connectivity index (χ0n) is 8.00. The first-order valence-electron chi connectivity index (χ1n) is 3.93. The lowest BCUT2D eigenvalue weighted by atomic mass is 9.95. The molecular weight excluding hydrogens is 174 g/mol. The molecule has 0 spiro atoms. The maximum absolute atomic E-state index is 11.3. The Morgan fingerprint density at radius 1 is 1.38 bits per heavy atom. The van der Waals surface area contributed by atoms with Crippen molar-refractivity contribution in [2.75, 3.05) is 6.61 Å². The van der Waals surface area contributed by atoms with Crippen LogP contribution in [0.15, 0.2) is 0 Å². The third-order valence-electron chi connectivity index (χ3n) is 1.47. The van der Waals surface area contributed by atoms with Crippen LogP contribution in [0.1, 0.15) is 20.8 Å². The molecule has 0 fully saturated rings. The molecule has 76 valence electrons. The Morgan fingerprint density at radius 2 is 1.85 bits per heavy atom. The molecule has 0 aliphatic carbocycles. The maximum Gasteiger partial charge on any atom is 0.328 e. The van der Waals surface area contributed by atoms with E-state index < -0.39 is 29.9 Å². The number of nitrogens with one attached hydrogen (secondary N) is 1. The average molecular weight is 189 g/mol. The van der Waals surface area contributed by atoms with E-state index in [1.165, 1.54) is 0 Å². The summed E-state index contributed by atoms with van der Waals surface area (Å²) in [4.78, 5) is 21.7. The molecule has 0 aromatic rings. The zero-order valence-corrected chi connectivity index (χ0v) is 8.00. The van der Waals surface area contributed by atoms with Crippen LogP contribution in [0.4, 0.5) is 0 Å². The van der Waals surface area contributed by atoms with Crippen LogP contribution in [0.5, 0.6) is 0 Å². The molecular formula is C8H15NO4. The number of amides is 1. The number of carbonyl (C=O) groups excluding carboxylic acids is 1. The van der Waals surface area contributed by atoms with Crippen LogP contribution in [0.25, 0.3) is 0 Å². The predicted octanol–water partition coefficient (Wildman–Crippen LogP) is -0.406. The minimum atomic E-state index is -1.24. The second-order valence-corrected chi connectivity index (χ2v) is 3.80. The highest BCUT2D eigenvalue weighted by molar-refractivity contribution is 5.86. The molecule has 0 unspecified atom stereocenters. The van der Waals surface area contributed by atoms with Crippen molar-refractivity contribution in [1.29, 1.82) is 0 Å². The smallest absolute Gasteiger partial charge is 0.328 e. The minimum Gasteiger partial charge on any atom is -0.480 e. The van der Waals surface area contributed by atoms with Gasteiger partial charge in [-0.25, -0.2) is 4.79 Å². The van der Waals surface area contributed by atoms with Crippen molar-refractivity contribution < 1.29 is 19.8 Å². The normalized spacial score (nSPS) is 13.5. The Kier molecular flexibility index (Phi) is 3.87. The number of carboxylic acid groups (broad SMARTS) is 1. The van der Waals surface area contributed by atoms with E-state index in [4.69, 9.17) is 10.2 Å². The summed E-state index contributed by atoms with van der Waals surface area (Å²) in [6.07, 6.45) is 0. The van der Waals surface area contributed by atoms with Gasteiger partial charge in [0, 0.05) is 5.41 Å². The molecule has 13 heavy (non-hydrogen) atoms. The van der Waals surface area contributed by atoms with Gasteiger partial charge in [-0.05, 0) is 0 Å². The highest BCUT2D eigenvalue weighted by atomic mass is 16.4. The van der Waals surface area contributed by atoms with E-state index >= 15 is 0 Å². The molecule has 0 aromatic heterocycles. The number of carboxylic acids is 1. The van der Waals surface area contributed by atoms with E-state index in [0.717, 1.165) is 0 Å². The van der Waals surface area contributed by atoms with Gasteiger partial charge >= 0.3 is 5.97 Å². The Labute approximate surface area is 76.8 Å². The molecule has 1 amide bonds. The average Bonchev–Trinajstić information content (AvgIpc) is 1.96. The largest absolute Gasteiger partial charge is 0.480 e. The molecule has 3 N–H and O–H groups in total. The Hall–Kier alpha value is -1.10. The fourth-order valence-corrected chi connectivity index (χ4v) is 0.560. The number of aliphatic carboxylic acids is 1. The number of aliphatic hydroxyl groups is 1. The number of hydrogen-bond donors (Lipinski definition) is 3. The van der Waals surface area contributed by atoms with E-state index in [1.807, 2.05) is 0 Å². The number of hydrogen-bond acceptors (Lipinski definition) is 3. The number of carbonyl (C=O) groups is 2. The van der Waals surface area contributed by atoms with E-state index in [9.17, 15) is 9.59 Å². The summed E-state index contributed by atoms with van der Waals surface area (Å²) >= 11 is 0. The van der Waals surface area contributed by atoms with E-state index in [-0.39, 0.29) is 0 Å². The molecule has 5 heteroatoms. The summed E-state index contributed by atoms with van der Waals surface area (Å²) in [7, 11) is 0. The molecule has 0 aromatic carbocycles. The summed E-state index contributed by atoms with van der Waals surface area (Å²) < 4.78 is 0. The Morgan fingerprint density at radius 3 is 2.08 bits per heavy atom. The minimum absolute atomic E-state index is 0.394. The van der Waals surface area contributed by atoms with Crippen molar-refractivity contribution in [3.63, 3.8) is 0 Å². The number of rotatable bonds is 3. The van der Waals surface area contributed by atoms with Gasteiger partial charge in [-0.1, -0.05) is 20.8 Å². The van der Waals surface area contributed by atoms with E-state index in [2.05, 4.69) is 5.32 Å². The first-order valence-corrected chi connectivity index (χ1v) is 3.93. The SMILES string of the molecule is CC(C)(C)C(=O)N[C@H](CO)C(=O)O. The van der Waals surface area contributed by atoms with Gasteiger partial charge < -0.3 is 15.5 Å². The van der Waals surface area contributed by atoms with Gasteiger partial charge in [0.2, 0.25) is 5.91 Å². The van der Waals surface area contributed by atoms with Crippen LogP contribution in [-0.2, 0) is 9.59 Å². The second-order valence-electron chi connectivity index (χ2n) is 3.80. The van der Waals surface area contributed by atoms with Crippen molar-refractivity contribution in [3.05, 3.63) is 0 Å². The van der Waals surface area contributed by atoms with Crippen LogP contribution in [0, 0.1) is 5.41 Å². The predicted molar refractivity (Wildman–Crippen MR) is 46.1 cm³/mol. The van der Waals surface area contributed by atoms with Crippen molar-refractivity contribution in [3.8, 4) is 0 Å². The van der Waals surface area contributed by atoms with Crippen molar-refractivity contribution in [1.82, 2.24) is 5.32 Å². The standard InChI is InChI=1S/C8H15NO4/c1-8(2,3)7(13)9-5(4-10)6(11)12/h5,10H,4H2,1-3H3,(H,9,13)(H,11,12)/t5-/m1/s1. The summed E-state index contributed by atoms with van der Waals surface area (Å²) in [5, 5.41) is 19.3. The highest BCUT2D eigenvalue weighted by Crippen LogP contribution is 2.12. The molecule has 0 radical (unpaired) electrons. The fraction of sp³-hybridized carbons (Fsp3) is 0.750. The molecule has 0 aliphatic heterocycles. The fourth-order valence-electron chi connectivity index (χ4n) is 0.560. The topological polar surface area (TPSA) is 86.6 Å². The van der Waals surface area contributed by atoms with Gasteiger partial charge in [0.05, 0.1) is 6.61 Å². The summed E-state index contributed by atoms with van der Waals surface area (Å²) in [6.45, 7) is 4.40. The molecule has 5 nitrogen and oxygen atoms in total.